The molecule has 0 saturated carbocycles. The summed E-state index contributed by atoms with van der Waals surface area (Å²) >= 11 is 0. The molecule has 1 N–H and O–H groups in total. The van der Waals surface area contributed by atoms with Gasteiger partial charge in [0.15, 0.2) is 0 Å². The molecular weight excluding hydrogens is 208 g/mol. The SMILES string of the molecule is COCCN(C)CCNC(=O)n1ccnc1. The number of carbonyl (C=O) groups is 1. The van der Waals surface area contributed by atoms with Crippen LogP contribution in [-0.4, -0.2) is 60.9 Å². The average Bonchev–Trinajstić information content (AvgIpc) is 2.79. The number of nitrogens with one attached hydrogen (secondary N) is 1. The van der Waals surface area contributed by atoms with Crippen molar-refractivity contribution in [2.24, 2.45) is 0 Å². The Morgan fingerprint density at radius 1 is 1.56 bits per heavy atom. The van der Waals surface area contributed by atoms with Crippen molar-refractivity contribution in [3.05, 3.63) is 18.7 Å². The number of hydrogen-bond acceptors (Lipinski definition) is 4. The highest BCUT2D eigenvalue weighted by Gasteiger charge is 2.03. The minimum Gasteiger partial charge on any atom is -0.383 e. The molecule has 6 nitrogen and oxygen atoms in total. The second kappa shape index (κ2) is 6.97. The van der Waals surface area contributed by atoms with Crippen molar-refractivity contribution >= 4 is 6.03 Å². The fourth-order valence-electron chi connectivity index (χ4n) is 1.18. The van der Waals surface area contributed by atoms with E-state index in [0.29, 0.717) is 13.2 Å². The average molecular weight is 226 g/mol. The molecule has 0 aliphatic heterocycles. The smallest absolute Gasteiger partial charge is 0.326 e. The zero-order chi connectivity index (χ0) is 11.8. The zero-order valence-electron chi connectivity index (χ0n) is 9.72. The van der Waals surface area contributed by atoms with Crippen molar-refractivity contribution in [1.82, 2.24) is 19.8 Å². The van der Waals surface area contributed by atoms with Gasteiger partial charge < -0.3 is 15.0 Å². The summed E-state index contributed by atoms with van der Waals surface area (Å²) in [7, 11) is 3.66. The molecule has 1 aromatic heterocycles. The van der Waals surface area contributed by atoms with Gasteiger partial charge in [-0.05, 0) is 7.05 Å². The van der Waals surface area contributed by atoms with Crippen molar-refractivity contribution in [1.29, 1.82) is 0 Å². The largest absolute Gasteiger partial charge is 0.383 e. The van der Waals surface area contributed by atoms with E-state index >= 15 is 0 Å². The first-order chi connectivity index (χ1) is 7.74. The Bertz CT molecular complexity index is 300. The van der Waals surface area contributed by atoms with E-state index in [1.54, 1.807) is 19.5 Å². The van der Waals surface area contributed by atoms with E-state index in [1.807, 2.05) is 7.05 Å². The molecule has 1 aromatic rings. The molecule has 1 amide bonds. The van der Waals surface area contributed by atoms with E-state index in [9.17, 15) is 4.79 Å². The predicted octanol–water partition coefficient (Wildman–Crippen LogP) is 0.0190. The first-order valence-electron chi connectivity index (χ1n) is 5.17. The minimum atomic E-state index is -0.155. The number of amides is 1. The Morgan fingerprint density at radius 2 is 2.38 bits per heavy atom. The zero-order valence-corrected chi connectivity index (χ0v) is 9.72. The lowest BCUT2D eigenvalue weighted by molar-refractivity contribution is 0.161. The second-order valence-electron chi connectivity index (χ2n) is 3.50. The number of rotatable bonds is 6. The molecule has 0 bridgehead atoms. The summed E-state index contributed by atoms with van der Waals surface area (Å²) in [6.45, 7) is 2.96. The summed E-state index contributed by atoms with van der Waals surface area (Å²) in [4.78, 5) is 17.4. The molecule has 0 saturated heterocycles. The van der Waals surface area contributed by atoms with E-state index < -0.39 is 0 Å². The standard InChI is InChI=1S/C10H18N4O2/c1-13(7-8-16-2)5-4-12-10(15)14-6-3-11-9-14/h3,6,9H,4-5,7-8H2,1-2H3,(H,12,15). The van der Waals surface area contributed by atoms with Crippen LogP contribution in [0.4, 0.5) is 4.79 Å². The molecule has 0 fully saturated rings. The lowest BCUT2D eigenvalue weighted by Gasteiger charge is -2.16. The number of methoxy groups -OCH3 is 1. The number of hydrogen-bond donors (Lipinski definition) is 1. The predicted molar refractivity (Wildman–Crippen MR) is 60.4 cm³/mol. The molecule has 0 radical (unpaired) electrons. The molecule has 1 heterocycles. The molecule has 0 aromatic carbocycles. The normalized spacial score (nSPS) is 10.7. The van der Waals surface area contributed by atoms with Crippen LogP contribution in [0.5, 0.6) is 0 Å². The van der Waals surface area contributed by atoms with Crippen molar-refractivity contribution in [2.75, 3.05) is 40.4 Å². The van der Waals surface area contributed by atoms with E-state index in [0.717, 1.165) is 13.1 Å². The lowest BCUT2D eigenvalue weighted by Crippen LogP contribution is -2.36. The summed E-state index contributed by atoms with van der Waals surface area (Å²) in [5.74, 6) is 0. The van der Waals surface area contributed by atoms with Crippen LogP contribution in [0.1, 0.15) is 0 Å². The quantitative estimate of drug-likeness (QED) is 0.743. The first kappa shape index (κ1) is 12.7. The number of ether oxygens (including phenoxy) is 1. The number of imidazole rings is 1. The summed E-state index contributed by atoms with van der Waals surface area (Å²) in [6.07, 6.45) is 4.66. The van der Waals surface area contributed by atoms with Gasteiger partial charge in [0.2, 0.25) is 0 Å². The van der Waals surface area contributed by atoms with Gasteiger partial charge in [0.1, 0.15) is 6.33 Å². The number of carbonyl (C=O) groups excluding carboxylic acids is 1. The van der Waals surface area contributed by atoms with Gasteiger partial charge in [-0.15, -0.1) is 0 Å². The van der Waals surface area contributed by atoms with Gasteiger partial charge in [-0.1, -0.05) is 0 Å². The molecule has 0 atom stereocenters. The van der Waals surface area contributed by atoms with Gasteiger partial charge >= 0.3 is 6.03 Å². The highest BCUT2D eigenvalue weighted by atomic mass is 16.5. The van der Waals surface area contributed by atoms with Crippen molar-refractivity contribution in [3.8, 4) is 0 Å². The molecule has 1 rings (SSSR count). The minimum absolute atomic E-state index is 0.155. The van der Waals surface area contributed by atoms with Crippen molar-refractivity contribution < 1.29 is 9.53 Å². The van der Waals surface area contributed by atoms with Crippen molar-refractivity contribution in [2.45, 2.75) is 0 Å². The molecule has 90 valence electrons. The van der Waals surface area contributed by atoms with Crippen molar-refractivity contribution in [3.63, 3.8) is 0 Å². The lowest BCUT2D eigenvalue weighted by atomic mass is 10.5. The van der Waals surface area contributed by atoms with Crippen LogP contribution >= 0.6 is 0 Å². The maximum Gasteiger partial charge on any atom is 0.326 e. The third-order valence-corrected chi connectivity index (χ3v) is 2.19. The summed E-state index contributed by atoms with van der Waals surface area (Å²) < 4.78 is 6.37. The molecule has 0 aliphatic carbocycles. The Kier molecular flexibility index (Phi) is 5.52. The molecular formula is C10H18N4O2. The topological polar surface area (TPSA) is 59.4 Å². The fourth-order valence-corrected chi connectivity index (χ4v) is 1.18. The third kappa shape index (κ3) is 4.41. The summed E-state index contributed by atoms with van der Waals surface area (Å²) in [5.41, 5.74) is 0. The highest BCUT2D eigenvalue weighted by molar-refractivity contribution is 5.76. The summed E-state index contributed by atoms with van der Waals surface area (Å²) in [5, 5.41) is 2.79. The van der Waals surface area contributed by atoms with E-state index in [-0.39, 0.29) is 6.03 Å². The molecule has 6 heteroatoms. The first-order valence-corrected chi connectivity index (χ1v) is 5.17. The molecule has 0 unspecified atom stereocenters. The molecule has 0 aliphatic rings. The van der Waals surface area contributed by atoms with Gasteiger partial charge in [-0.2, -0.15) is 0 Å². The van der Waals surface area contributed by atoms with E-state index in [1.165, 1.54) is 10.9 Å². The third-order valence-electron chi connectivity index (χ3n) is 2.19. The van der Waals surface area contributed by atoms with Crippen LogP contribution in [0.3, 0.4) is 0 Å². The molecule has 0 spiro atoms. The van der Waals surface area contributed by atoms with Gasteiger partial charge in [0.05, 0.1) is 6.61 Å². The van der Waals surface area contributed by atoms with Gasteiger partial charge in [-0.25, -0.2) is 9.78 Å². The van der Waals surface area contributed by atoms with Crippen LogP contribution in [0.25, 0.3) is 0 Å². The monoisotopic (exact) mass is 226 g/mol. The van der Waals surface area contributed by atoms with Crippen LogP contribution < -0.4 is 5.32 Å². The number of aromatic nitrogens is 2. The van der Waals surface area contributed by atoms with Crippen LogP contribution in [0.2, 0.25) is 0 Å². The van der Waals surface area contributed by atoms with E-state index in [4.69, 9.17) is 4.74 Å². The Morgan fingerprint density at radius 3 is 3.00 bits per heavy atom. The number of nitrogens with zero attached hydrogens (tertiary/aromatic N) is 3. The second-order valence-corrected chi connectivity index (χ2v) is 3.50. The maximum absolute atomic E-state index is 11.5. The Hall–Kier alpha value is -1.40. The van der Waals surface area contributed by atoms with Crippen LogP contribution in [-0.2, 0) is 4.74 Å². The van der Waals surface area contributed by atoms with Gasteiger partial charge in [-0.3, -0.25) is 4.57 Å². The highest BCUT2D eigenvalue weighted by Crippen LogP contribution is 1.85. The Labute approximate surface area is 95.2 Å². The summed E-state index contributed by atoms with van der Waals surface area (Å²) in [6, 6.07) is -0.155. The number of likely N-dealkylation sites (N-methyl/N-ethyl adjacent to an activating group) is 1. The molecule has 16 heavy (non-hydrogen) atoms. The van der Waals surface area contributed by atoms with E-state index in [2.05, 4.69) is 15.2 Å². The van der Waals surface area contributed by atoms with Crippen LogP contribution in [0.15, 0.2) is 18.7 Å². The van der Waals surface area contributed by atoms with Gasteiger partial charge in [0.25, 0.3) is 0 Å². The van der Waals surface area contributed by atoms with Gasteiger partial charge in [0, 0.05) is 39.1 Å². The maximum atomic E-state index is 11.5. The fraction of sp³-hybridized carbons (Fsp3) is 0.600. The van der Waals surface area contributed by atoms with Crippen LogP contribution in [0, 0.1) is 0 Å². The Balaban J connectivity index is 2.13.